The van der Waals surface area contributed by atoms with Crippen molar-refractivity contribution < 1.29 is 27.4 Å². The predicted molar refractivity (Wildman–Crippen MR) is 98.6 cm³/mol. The summed E-state index contributed by atoms with van der Waals surface area (Å²) < 4.78 is 40.1. The van der Waals surface area contributed by atoms with Crippen LogP contribution in [-0.2, 0) is 14.8 Å². The molecule has 2 rings (SSSR count). The topological polar surface area (TPSA) is 129 Å². The largest absolute Gasteiger partial charge is 0.497 e. The molecule has 1 amide bonds. The Kier molecular flexibility index (Phi) is 6.61. The summed E-state index contributed by atoms with van der Waals surface area (Å²) in [7, 11) is -1.16. The van der Waals surface area contributed by atoms with E-state index in [-0.39, 0.29) is 17.3 Å². The van der Waals surface area contributed by atoms with Gasteiger partial charge in [0.2, 0.25) is 0 Å². The number of carbonyl (C=O) groups is 1. The highest BCUT2D eigenvalue weighted by Crippen LogP contribution is 2.27. The van der Waals surface area contributed by atoms with Crippen molar-refractivity contribution in [2.45, 2.75) is 4.90 Å². The molecule has 0 aromatic heterocycles. The van der Waals surface area contributed by atoms with E-state index in [1.807, 2.05) is 0 Å². The van der Waals surface area contributed by atoms with Gasteiger partial charge in [0.1, 0.15) is 22.1 Å². The van der Waals surface area contributed by atoms with Crippen LogP contribution in [0.3, 0.4) is 0 Å². The number of ether oxygens (including phenoxy) is 3. The molecule has 0 bridgehead atoms. The van der Waals surface area contributed by atoms with E-state index in [1.54, 1.807) is 30.3 Å². The van der Waals surface area contributed by atoms with E-state index in [2.05, 4.69) is 9.93 Å². The molecule has 0 unspecified atom stereocenters. The van der Waals surface area contributed by atoms with E-state index in [0.717, 1.165) is 0 Å². The van der Waals surface area contributed by atoms with Crippen molar-refractivity contribution in [3.63, 3.8) is 0 Å². The smallest absolute Gasteiger partial charge is 0.280 e. The lowest BCUT2D eigenvalue weighted by atomic mass is 10.2. The van der Waals surface area contributed by atoms with Gasteiger partial charge in [0.15, 0.2) is 6.61 Å². The highest BCUT2D eigenvalue weighted by molar-refractivity contribution is 7.89. The van der Waals surface area contributed by atoms with Crippen molar-refractivity contribution >= 4 is 22.1 Å². The zero-order chi connectivity index (χ0) is 19.9. The maximum absolute atomic E-state index is 12.4. The normalized spacial score (nSPS) is 11.2. The summed E-state index contributed by atoms with van der Waals surface area (Å²) in [4.78, 5) is 12.7. The highest BCUT2D eigenvalue weighted by atomic mass is 32.2. The van der Waals surface area contributed by atoms with Gasteiger partial charge in [0.25, 0.3) is 15.9 Å². The number of sulfonamides is 1. The number of hydrogen-bond acceptors (Lipinski definition) is 7. The third kappa shape index (κ3) is 5.61. The molecule has 2 aromatic rings. The fourth-order valence-electron chi connectivity index (χ4n) is 2.02. The van der Waals surface area contributed by atoms with Gasteiger partial charge in [0, 0.05) is 6.07 Å². The monoisotopic (exact) mass is 393 g/mol. The maximum Gasteiger partial charge on any atom is 0.280 e. The van der Waals surface area contributed by atoms with Crippen molar-refractivity contribution in [2.24, 2.45) is 10.8 Å². The average molecular weight is 393 g/mol. The lowest BCUT2D eigenvalue weighted by Crippen LogP contribution is -2.20. The summed E-state index contributed by atoms with van der Waals surface area (Å²) in [5.41, 5.74) is 5.61. The molecule has 27 heavy (non-hydrogen) atoms. The number of benzene rings is 2. The highest BCUT2D eigenvalue weighted by Gasteiger charge is 2.19. The molecule has 10 heteroatoms. The van der Waals surface area contributed by atoms with Gasteiger partial charge in [0.05, 0.1) is 20.4 Å². The number of amides is 1. The first-order valence-corrected chi connectivity index (χ1v) is 9.12. The zero-order valence-corrected chi connectivity index (χ0v) is 15.5. The molecule has 0 aliphatic heterocycles. The number of rotatable bonds is 9. The number of primary amides is 1. The molecule has 0 saturated carbocycles. The molecule has 0 aliphatic rings. The number of carbonyl (C=O) groups excluding carboxylic acids is 1. The van der Waals surface area contributed by atoms with Crippen LogP contribution in [0.2, 0.25) is 0 Å². The summed E-state index contributed by atoms with van der Waals surface area (Å²) in [6.45, 7) is -0.227. The van der Waals surface area contributed by atoms with Gasteiger partial charge < -0.3 is 19.9 Å². The standard InChI is InChI=1S/C17H19N3O6S/c1-24-14-7-8-15(25-2)16(9-14)27(22,23)20-19-10-12-3-5-13(6-4-12)26-11-17(18)21/h3-10,20H,11H2,1-2H3,(H2,18,21). The second-order valence-electron chi connectivity index (χ2n) is 5.19. The van der Waals surface area contributed by atoms with Gasteiger partial charge in [-0.3, -0.25) is 4.79 Å². The molecular weight excluding hydrogens is 374 g/mol. The van der Waals surface area contributed by atoms with E-state index in [0.29, 0.717) is 17.1 Å². The minimum absolute atomic E-state index is 0.100. The molecule has 0 saturated heterocycles. The number of methoxy groups -OCH3 is 2. The Balaban J connectivity index is 2.09. The van der Waals surface area contributed by atoms with Gasteiger partial charge in [-0.2, -0.15) is 18.4 Å². The lowest BCUT2D eigenvalue weighted by molar-refractivity contribution is -0.119. The molecule has 0 spiro atoms. The number of hydrazone groups is 1. The first-order chi connectivity index (χ1) is 12.9. The second kappa shape index (κ2) is 8.90. The Labute approximate surface area is 156 Å². The second-order valence-corrected chi connectivity index (χ2v) is 6.82. The Bertz CT molecular complexity index is 926. The van der Waals surface area contributed by atoms with Crippen LogP contribution in [0.1, 0.15) is 5.56 Å². The Hall–Kier alpha value is -3.27. The lowest BCUT2D eigenvalue weighted by Gasteiger charge is -2.10. The molecule has 3 N–H and O–H groups in total. The SMILES string of the molecule is COc1ccc(OC)c(S(=O)(=O)NN=Cc2ccc(OCC(N)=O)cc2)c1. The van der Waals surface area contributed by atoms with Crippen molar-refractivity contribution in [3.8, 4) is 17.2 Å². The van der Waals surface area contributed by atoms with Crippen molar-refractivity contribution in [1.82, 2.24) is 4.83 Å². The van der Waals surface area contributed by atoms with Crippen LogP contribution in [0.5, 0.6) is 17.2 Å². The Morgan fingerprint density at radius 2 is 1.78 bits per heavy atom. The van der Waals surface area contributed by atoms with Crippen molar-refractivity contribution in [2.75, 3.05) is 20.8 Å². The molecule has 0 radical (unpaired) electrons. The van der Waals surface area contributed by atoms with E-state index in [4.69, 9.17) is 19.9 Å². The first-order valence-electron chi connectivity index (χ1n) is 7.64. The number of nitrogens with one attached hydrogen (secondary N) is 1. The van der Waals surface area contributed by atoms with Gasteiger partial charge >= 0.3 is 0 Å². The third-order valence-corrected chi connectivity index (χ3v) is 4.55. The summed E-state index contributed by atoms with van der Waals surface area (Å²) in [5, 5.41) is 3.75. The van der Waals surface area contributed by atoms with Crippen LogP contribution in [0.4, 0.5) is 0 Å². The minimum Gasteiger partial charge on any atom is -0.497 e. The van der Waals surface area contributed by atoms with E-state index in [9.17, 15) is 13.2 Å². The molecule has 0 fully saturated rings. The minimum atomic E-state index is -3.96. The summed E-state index contributed by atoms with van der Waals surface area (Å²) in [5.74, 6) is 0.400. The van der Waals surface area contributed by atoms with Crippen LogP contribution in [0.15, 0.2) is 52.5 Å². The van der Waals surface area contributed by atoms with Crippen molar-refractivity contribution in [1.29, 1.82) is 0 Å². The molecule has 0 heterocycles. The summed E-state index contributed by atoms with van der Waals surface area (Å²) >= 11 is 0. The number of nitrogens with zero attached hydrogens (tertiary/aromatic N) is 1. The van der Waals surface area contributed by atoms with Crippen LogP contribution < -0.4 is 24.8 Å². The Morgan fingerprint density at radius 3 is 2.37 bits per heavy atom. The van der Waals surface area contributed by atoms with E-state index >= 15 is 0 Å². The number of hydrogen-bond donors (Lipinski definition) is 2. The van der Waals surface area contributed by atoms with Crippen LogP contribution in [0.25, 0.3) is 0 Å². The summed E-state index contributed by atoms with van der Waals surface area (Å²) in [6.07, 6.45) is 1.32. The maximum atomic E-state index is 12.4. The molecule has 2 aromatic carbocycles. The fourth-order valence-corrected chi connectivity index (χ4v) is 3.00. The zero-order valence-electron chi connectivity index (χ0n) is 14.7. The first kappa shape index (κ1) is 20.0. The van der Waals surface area contributed by atoms with E-state index in [1.165, 1.54) is 32.6 Å². The fraction of sp³-hybridized carbons (Fsp3) is 0.176. The van der Waals surface area contributed by atoms with Gasteiger partial charge in [-0.15, -0.1) is 0 Å². The molecule has 0 aliphatic carbocycles. The van der Waals surface area contributed by atoms with Crippen LogP contribution >= 0.6 is 0 Å². The number of nitrogens with two attached hydrogens (primary N) is 1. The summed E-state index contributed by atoms with van der Waals surface area (Å²) in [6, 6.07) is 10.9. The van der Waals surface area contributed by atoms with Crippen LogP contribution in [-0.4, -0.2) is 41.4 Å². The molecule has 9 nitrogen and oxygen atoms in total. The van der Waals surface area contributed by atoms with Crippen molar-refractivity contribution in [3.05, 3.63) is 48.0 Å². The quantitative estimate of drug-likeness (QED) is 0.481. The Morgan fingerprint density at radius 1 is 1.11 bits per heavy atom. The molecule has 0 atom stereocenters. The predicted octanol–water partition coefficient (Wildman–Crippen LogP) is 0.880. The van der Waals surface area contributed by atoms with Gasteiger partial charge in [-0.1, -0.05) is 0 Å². The van der Waals surface area contributed by atoms with Gasteiger partial charge in [-0.25, -0.2) is 0 Å². The molecular formula is C17H19N3O6S. The molecule has 144 valence electrons. The third-order valence-electron chi connectivity index (χ3n) is 3.31. The average Bonchev–Trinajstić information content (AvgIpc) is 2.66. The van der Waals surface area contributed by atoms with E-state index < -0.39 is 15.9 Å². The van der Waals surface area contributed by atoms with Crippen LogP contribution in [0, 0.1) is 0 Å². The van der Waals surface area contributed by atoms with Gasteiger partial charge in [-0.05, 0) is 42.0 Å².